The monoisotopic (exact) mass is 791 g/mol. The number of para-hydroxylation sites is 2. The Morgan fingerprint density at radius 3 is 2.20 bits per heavy atom. The summed E-state index contributed by atoms with van der Waals surface area (Å²) in [6, 6.07) is 18.9. The number of aliphatic imine (C=N–C) groups is 1. The Morgan fingerprint density at radius 1 is 0.891 bits per heavy atom. The molecule has 296 valence electrons. The van der Waals surface area contributed by atoms with Crippen LogP contribution in [0.25, 0.3) is 10.9 Å². The minimum atomic E-state index is -3.34. The number of amides is 2. The molecule has 2 amide bonds. The van der Waals surface area contributed by atoms with Gasteiger partial charge in [0, 0.05) is 31.7 Å². The van der Waals surface area contributed by atoms with Crippen LogP contribution < -0.4 is 25.9 Å². The first-order valence-electron chi connectivity index (χ1n) is 19.2. The van der Waals surface area contributed by atoms with Gasteiger partial charge in [-0.1, -0.05) is 101 Å². The molecule has 14 heteroatoms. The maximum atomic E-state index is 14.2. The van der Waals surface area contributed by atoms with Gasteiger partial charge in [-0.25, -0.2) is 23.1 Å². The number of fused-ring (bicyclic) bond motifs is 1. The summed E-state index contributed by atoms with van der Waals surface area (Å²) < 4.78 is 26.8. The van der Waals surface area contributed by atoms with E-state index in [4.69, 9.17) is 21.6 Å². The van der Waals surface area contributed by atoms with Gasteiger partial charge in [0.15, 0.2) is 11.5 Å². The number of hydrogen-bond acceptors (Lipinski definition) is 8. The van der Waals surface area contributed by atoms with Crippen molar-refractivity contribution in [1.29, 1.82) is 0 Å². The number of benzene rings is 3. The van der Waals surface area contributed by atoms with Gasteiger partial charge in [-0.2, -0.15) is 4.68 Å². The van der Waals surface area contributed by atoms with E-state index in [0.29, 0.717) is 47.0 Å². The fourth-order valence-electron chi connectivity index (χ4n) is 6.21. The third kappa shape index (κ3) is 13.3. The number of sulfonamides is 1. The van der Waals surface area contributed by atoms with Gasteiger partial charge in [0.1, 0.15) is 0 Å². The summed E-state index contributed by atoms with van der Waals surface area (Å²) in [6.45, 7) is 7.30. The van der Waals surface area contributed by atoms with Crippen LogP contribution in [0.4, 0.5) is 17.1 Å². The normalized spacial score (nSPS) is 11.8. The van der Waals surface area contributed by atoms with E-state index in [2.05, 4.69) is 22.4 Å². The number of halogens is 1. The molecule has 55 heavy (non-hydrogen) atoms. The van der Waals surface area contributed by atoms with Gasteiger partial charge in [-0.05, 0) is 68.3 Å². The lowest BCUT2D eigenvalue weighted by atomic mass is 10.1. The van der Waals surface area contributed by atoms with Crippen molar-refractivity contribution in [1.82, 2.24) is 14.4 Å². The molecule has 0 unspecified atom stereocenters. The lowest BCUT2D eigenvalue weighted by Gasteiger charge is -2.24. The van der Waals surface area contributed by atoms with Crippen molar-refractivity contribution in [3.8, 4) is 0 Å². The number of nitrogens with zero attached hydrogens (tertiary/aromatic N) is 4. The zero-order valence-electron chi connectivity index (χ0n) is 32.4. The molecule has 0 fully saturated rings. The molecule has 1 heterocycles. The maximum Gasteiger partial charge on any atom is 0.280 e. The topological polar surface area (TPSA) is 155 Å². The largest absolute Gasteiger partial charge is 0.370 e. The van der Waals surface area contributed by atoms with Crippen molar-refractivity contribution in [2.75, 3.05) is 41.5 Å². The second-order valence-corrected chi connectivity index (χ2v) is 15.9. The summed E-state index contributed by atoms with van der Waals surface area (Å²) in [7, 11) is -3.34. The highest BCUT2D eigenvalue weighted by Crippen LogP contribution is 2.27. The SMILES string of the molecule is CCCCCCCCCCCCC(=O)Nn1c(/C(=N\c2ccc(N(CC)CCNS(C)(=O)=O)cc2C)C(=O)Nc2ccccc2Cl)nc2ccccc2c1=O. The van der Waals surface area contributed by atoms with Crippen LogP contribution >= 0.6 is 11.6 Å². The van der Waals surface area contributed by atoms with E-state index < -0.39 is 21.5 Å². The van der Waals surface area contributed by atoms with Gasteiger partial charge in [0.05, 0.1) is 33.6 Å². The molecule has 0 radical (unpaired) electrons. The van der Waals surface area contributed by atoms with Crippen molar-refractivity contribution in [2.45, 2.75) is 91.4 Å². The highest BCUT2D eigenvalue weighted by atomic mass is 35.5. The summed E-state index contributed by atoms with van der Waals surface area (Å²) in [4.78, 5) is 53.2. The van der Waals surface area contributed by atoms with Gasteiger partial charge in [-0.3, -0.25) is 19.8 Å². The Labute approximate surface area is 329 Å². The third-order valence-corrected chi connectivity index (χ3v) is 10.3. The Bertz CT molecular complexity index is 2120. The van der Waals surface area contributed by atoms with Crippen molar-refractivity contribution in [3.05, 3.63) is 93.5 Å². The zero-order valence-corrected chi connectivity index (χ0v) is 33.9. The first-order valence-corrected chi connectivity index (χ1v) is 21.5. The predicted octanol–water partition coefficient (Wildman–Crippen LogP) is 7.87. The summed E-state index contributed by atoms with van der Waals surface area (Å²) in [5.41, 5.74) is 4.57. The highest BCUT2D eigenvalue weighted by Gasteiger charge is 2.25. The van der Waals surface area contributed by atoms with Crippen LogP contribution in [0.5, 0.6) is 0 Å². The lowest BCUT2D eigenvalue weighted by Crippen LogP contribution is -2.40. The van der Waals surface area contributed by atoms with Crippen LogP contribution in [-0.4, -0.2) is 61.5 Å². The zero-order chi connectivity index (χ0) is 39.8. The second-order valence-electron chi connectivity index (χ2n) is 13.7. The molecule has 1 aromatic heterocycles. The van der Waals surface area contributed by atoms with Crippen molar-refractivity contribution in [2.24, 2.45) is 4.99 Å². The number of rotatable bonds is 22. The molecular formula is C41H54ClN7O5S. The number of nitrogens with one attached hydrogen (secondary N) is 3. The number of hydrogen-bond donors (Lipinski definition) is 3. The van der Waals surface area contributed by atoms with E-state index in [0.717, 1.165) is 35.9 Å². The number of carbonyl (C=O) groups excluding carboxylic acids is 2. The van der Waals surface area contributed by atoms with Crippen LogP contribution in [0.2, 0.25) is 5.02 Å². The fraction of sp³-hybridized carbons (Fsp3) is 0.439. The number of anilines is 2. The second kappa shape index (κ2) is 21.5. The van der Waals surface area contributed by atoms with E-state index in [1.54, 1.807) is 54.6 Å². The van der Waals surface area contributed by atoms with Crippen molar-refractivity contribution < 1.29 is 18.0 Å². The Balaban J connectivity index is 1.67. The van der Waals surface area contributed by atoms with Gasteiger partial charge in [-0.15, -0.1) is 0 Å². The average molecular weight is 792 g/mol. The van der Waals surface area contributed by atoms with Crippen LogP contribution in [0, 0.1) is 6.92 Å². The molecule has 0 atom stereocenters. The molecule has 0 saturated carbocycles. The fourth-order valence-corrected chi connectivity index (χ4v) is 6.86. The highest BCUT2D eigenvalue weighted by molar-refractivity contribution is 7.88. The first kappa shape index (κ1) is 43.1. The van der Waals surface area contributed by atoms with Gasteiger partial charge in [0.2, 0.25) is 15.9 Å². The lowest BCUT2D eigenvalue weighted by molar-refractivity contribution is -0.117. The summed E-state index contributed by atoms with van der Waals surface area (Å²) in [6.07, 6.45) is 12.5. The summed E-state index contributed by atoms with van der Waals surface area (Å²) >= 11 is 6.42. The molecule has 0 aliphatic heterocycles. The molecule has 0 saturated heterocycles. The standard InChI is InChI=1S/C41H54ClN7O5S/c1-5-7-8-9-10-11-12-13-14-15-24-37(50)47-49-39(45-35-22-18-16-20-32(35)41(49)52)38(40(51)46-36-23-19-17-21-33(36)42)44-34-26-25-31(29-30(34)3)48(6-2)28-27-43-55(4,53)54/h16-23,25-26,29,43H,5-15,24,27-28H2,1-4H3,(H,46,51)(H,47,50)/b44-38+. The molecular weight excluding hydrogens is 738 g/mol. The van der Waals surface area contributed by atoms with E-state index in [-0.39, 0.29) is 35.8 Å². The summed E-state index contributed by atoms with van der Waals surface area (Å²) in [5, 5.41) is 3.38. The number of unbranched alkanes of at least 4 members (excludes halogenated alkanes) is 9. The molecule has 4 aromatic rings. The Morgan fingerprint density at radius 2 is 1.55 bits per heavy atom. The molecule has 3 N–H and O–H groups in total. The molecule has 0 aliphatic carbocycles. The summed E-state index contributed by atoms with van der Waals surface area (Å²) in [5.74, 6) is -1.22. The first-order chi connectivity index (χ1) is 26.4. The maximum absolute atomic E-state index is 14.2. The number of aryl methyl sites for hydroxylation is 1. The van der Waals surface area contributed by atoms with E-state index in [1.807, 2.05) is 30.9 Å². The molecule has 0 aliphatic rings. The van der Waals surface area contributed by atoms with Gasteiger partial charge >= 0.3 is 0 Å². The molecule has 0 bridgehead atoms. The van der Waals surface area contributed by atoms with Crippen molar-refractivity contribution in [3.63, 3.8) is 0 Å². The van der Waals surface area contributed by atoms with Crippen LogP contribution in [0.15, 0.2) is 76.5 Å². The Hall–Kier alpha value is -4.59. The third-order valence-electron chi connectivity index (χ3n) is 9.22. The number of aromatic nitrogens is 2. The quantitative estimate of drug-likeness (QED) is 0.0541. The van der Waals surface area contributed by atoms with Gasteiger partial charge < -0.3 is 10.2 Å². The Kier molecular flexibility index (Phi) is 16.9. The minimum Gasteiger partial charge on any atom is -0.370 e. The van der Waals surface area contributed by atoms with E-state index in [9.17, 15) is 22.8 Å². The van der Waals surface area contributed by atoms with Gasteiger partial charge in [0.25, 0.3) is 11.5 Å². The molecule has 4 rings (SSSR count). The molecule has 12 nitrogen and oxygen atoms in total. The van der Waals surface area contributed by atoms with Crippen LogP contribution in [0.1, 0.15) is 95.9 Å². The van der Waals surface area contributed by atoms with Crippen molar-refractivity contribution >= 4 is 67.1 Å². The van der Waals surface area contributed by atoms with E-state index >= 15 is 0 Å². The smallest absolute Gasteiger partial charge is 0.280 e. The van der Waals surface area contributed by atoms with Crippen LogP contribution in [0.3, 0.4) is 0 Å². The predicted molar refractivity (Wildman–Crippen MR) is 225 cm³/mol. The minimum absolute atomic E-state index is 0.143. The molecule has 3 aromatic carbocycles. The van der Waals surface area contributed by atoms with Crippen LogP contribution in [-0.2, 0) is 19.6 Å². The van der Waals surface area contributed by atoms with E-state index in [1.165, 1.54) is 38.5 Å². The number of likely N-dealkylation sites (N-methyl/N-ethyl adjacent to an activating group) is 1. The number of carbonyl (C=O) groups is 2. The molecule has 0 spiro atoms. The average Bonchev–Trinajstić information content (AvgIpc) is 3.15.